The molecule has 2 heterocycles. The third-order valence-electron chi connectivity index (χ3n) is 2.74. The fraction of sp³-hybridized carbons (Fsp3) is 0.400. The van der Waals surface area contributed by atoms with Gasteiger partial charge in [0.15, 0.2) is 0 Å². The van der Waals surface area contributed by atoms with Gasteiger partial charge in [-0.2, -0.15) is 0 Å². The van der Waals surface area contributed by atoms with Crippen LogP contribution < -0.4 is 10.2 Å². The van der Waals surface area contributed by atoms with E-state index in [1.54, 1.807) is 4.90 Å². The zero-order valence-corrected chi connectivity index (χ0v) is 9.44. The Bertz CT molecular complexity index is 461. The zero-order valence-electron chi connectivity index (χ0n) is 9.44. The molecule has 18 heavy (non-hydrogen) atoms. The van der Waals surface area contributed by atoms with E-state index in [0.29, 0.717) is 25.5 Å². The lowest BCUT2D eigenvalue weighted by atomic mass is 10.2. The monoisotopic (exact) mass is 252 g/mol. The Morgan fingerprint density at radius 2 is 2.39 bits per heavy atom. The quantitative estimate of drug-likeness (QED) is 0.568. The summed E-state index contributed by atoms with van der Waals surface area (Å²) in [6, 6.07) is 2.25. The number of hydrogen-bond donors (Lipinski definition) is 2. The molecular weight excluding hydrogens is 240 g/mol. The number of carbonyl (C=O) groups is 1. The summed E-state index contributed by atoms with van der Waals surface area (Å²) < 4.78 is 0. The van der Waals surface area contributed by atoms with E-state index in [9.17, 15) is 14.9 Å². The van der Waals surface area contributed by atoms with Crippen molar-refractivity contribution < 1.29 is 14.8 Å². The van der Waals surface area contributed by atoms with Gasteiger partial charge in [-0.05, 0) is 6.07 Å². The van der Waals surface area contributed by atoms with Gasteiger partial charge in [0, 0.05) is 25.7 Å². The fourth-order valence-corrected chi connectivity index (χ4v) is 1.80. The molecule has 0 saturated carbocycles. The Morgan fingerprint density at radius 3 is 2.94 bits per heavy atom. The van der Waals surface area contributed by atoms with Crippen LogP contribution in [0.3, 0.4) is 0 Å². The van der Waals surface area contributed by atoms with Crippen molar-refractivity contribution in [1.82, 2.24) is 10.3 Å². The number of rotatable bonds is 3. The Morgan fingerprint density at radius 1 is 1.61 bits per heavy atom. The largest absolute Gasteiger partial charge is 0.480 e. The molecule has 8 nitrogen and oxygen atoms in total. The maximum absolute atomic E-state index is 10.9. The molecule has 8 heteroatoms. The number of pyridine rings is 1. The number of aromatic nitrogens is 1. The smallest absolute Gasteiger partial charge is 0.322 e. The summed E-state index contributed by atoms with van der Waals surface area (Å²) in [5.41, 5.74) is -0.0799. The molecule has 0 aliphatic carbocycles. The molecule has 0 amide bonds. The first-order valence-electron chi connectivity index (χ1n) is 5.39. The van der Waals surface area contributed by atoms with Gasteiger partial charge in [0.1, 0.15) is 18.1 Å². The van der Waals surface area contributed by atoms with Crippen molar-refractivity contribution in [3.05, 3.63) is 28.4 Å². The van der Waals surface area contributed by atoms with Crippen molar-refractivity contribution in [2.75, 3.05) is 24.5 Å². The number of carboxylic acids is 1. The van der Waals surface area contributed by atoms with Crippen molar-refractivity contribution in [3.8, 4) is 0 Å². The third-order valence-corrected chi connectivity index (χ3v) is 2.74. The molecule has 0 bridgehead atoms. The molecule has 1 aliphatic heterocycles. The normalized spacial score (nSPS) is 19.6. The van der Waals surface area contributed by atoms with Crippen LogP contribution in [0.4, 0.5) is 11.5 Å². The van der Waals surface area contributed by atoms with Crippen LogP contribution in [0.25, 0.3) is 0 Å². The zero-order chi connectivity index (χ0) is 13.1. The first-order valence-corrected chi connectivity index (χ1v) is 5.39. The molecule has 1 aromatic rings. The van der Waals surface area contributed by atoms with Gasteiger partial charge in [0.05, 0.1) is 4.92 Å². The Hall–Kier alpha value is -2.22. The number of hydrogen-bond acceptors (Lipinski definition) is 6. The maximum Gasteiger partial charge on any atom is 0.322 e. The van der Waals surface area contributed by atoms with E-state index in [1.165, 1.54) is 18.3 Å². The molecule has 0 radical (unpaired) electrons. The highest BCUT2D eigenvalue weighted by molar-refractivity contribution is 5.74. The van der Waals surface area contributed by atoms with Crippen LogP contribution in [0.1, 0.15) is 0 Å². The number of nitrogens with zero attached hydrogens (tertiary/aromatic N) is 3. The van der Waals surface area contributed by atoms with E-state index in [4.69, 9.17) is 5.11 Å². The van der Waals surface area contributed by atoms with Crippen molar-refractivity contribution in [2.45, 2.75) is 6.04 Å². The second kappa shape index (κ2) is 4.96. The van der Waals surface area contributed by atoms with Gasteiger partial charge in [-0.15, -0.1) is 0 Å². The molecule has 0 spiro atoms. The maximum atomic E-state index is 10.9. The molecule has 1 fully saturated rings. The van der Waals surface area contributed by atoms with Crippen molar-refractivity contribution in [3.63, 3.8) is 0 Å². The summed E-state index contributed by atoms with van der Waals surface area (Å²) in [6.45, 7) is 1.45. The second-order valence-electron chi connectivity index (χ2n) is 3.92. The summed E-state index contributed by atoms with van der Waals surface area (Å²) in [7, 11) is 0. The van der Waals surface area contributed by atoms with Crippen molar-refractivity contribution in [1.29, 1.82) is 0 Å². The van der Waals surface area contributed by atoms with Crippen LogP contribution in [0.2, 0.25) is 0 Å². The van der Waals surface area contributed by atoms with Crippen LogP contribution in [-0.2, 0) is 4.79 Å². The predicted molar refractivity (Wildman–Crippen MR) is 62.5 cm³/mol. The van der Waals surface area contributed by atoms with Gasteiger partial charge in [-0.3, -0.25) is 14.9 Å². The number of anilines is 1. The first-order chi connectivity index (χ1) is 8.58. The molecule has 96 valence electrons. The SMILES string of the molecule is O=C(O)[C@@H]1CN(c2ccc([N+](=O)[O-])cn2)CCN1. The minimum absolute atomic E-state index is 0.0799. The highest BCUT2D eigenvalue weighted by atomic mass is 16.6. The topological polar surface area (TPSA) is 109 Å². The number of nitro groups is 1. The Balaban J connectivity index is 2.11. The third kappa shape index (κ3) is 2.54. The lowest BCUT2D eigenvalue weighted by Gasteiger charge is -2.32. The molecule has 1 aliphatic rings. The second-order valence-corrected chi connectivity index (χ2v) is 3.92. The number of carboxylic acid groups (broad SMARTS) is 1. The minimum Gasteiger partial charge on any atom is -0.480 e. The molecular formula is C10H12N4O4. The molecule has 1 saturated heterocycles. The average molecular weight is 252 g/mol. The molecule has 2 N–H and O–H groups in total. The average Bonchev–Trinajstić information content (AvgIpc) is 2.39. The van der Waals surface area contributed by atoms with E-state index in [2.05, 4.69) is 10.3 Å². The van der Waals surface area contributed by atoms with E-state index in [1.807, 2.05) is 0 Å². The summed E-state index contributed by atoms with van der Waals surface area (Å²) in [6.07, 6.45) is 1.17. The number of aliphatic carboxylic acids is 1. The van der Waals surface area contributed by atoms with Gasteiger partial charge in [0.25, 0.3) is 5.69 Å². The van der Waals surface area contributed by atoms with Crippen LogP contribution in [0.15, 0.2) is 18.3 Å². The van der Waals surface area contributed by atoms with Crippen molar-refractivity contribution in [2.24, 2.45) is 0 Å². The van der Waals surface area contributed by atoms with Crippen LogP contribution in [0.5, 0.6) is 0 Å². The van der Waals surface area contributed by atoms with Gasteiger partial charge < -0.3 is 15.3 Å². The summed E-state index contributed by atoms with van der Waals surface area (Å²) in [5, 5.41) is 22.3. The summed E-state index contributed by atoms with van der Waals surface area (Å²) >= 11 is 0. The number of nitrogens with one attached hydrogen (secondary N) is 1. The van der Waals surface area contributed by atoms with E-state index >= 15 is 0 Å². The van der Waals surface area contributed by atoms with E-state index in [0.717, 1.165) is 0 Å². The van der Waals surface area contributed by atoms with E-state index < -0.39 is 16.9 Å². The highest BCUT2D eigenvalue weighted by Crippen LogP contribution is 2.16. The molecule has 1 atom stereocenters. The van der Waals surface area contributed by atoms with Crippen LogP contribution in [0, 0.1) is 10.1 Å². The predicted octanol–water partition coefficient (Wildman–Crippen LogP) is -0.147. The molecule has 1 aromatic heterocycles. The Kier molecular flexibility index (Phi) is 3.38. The molecule has 0 unspecified atom stereocenters. The molecule has 2 rings (SSSR count). The van der Waals surface area contributed by atoms with Crippen molar-refractivity contribution >= 4 is 17.5 Å². The fourth-order valence-electron chi connectivity index (χ4n) is 1.80. The van der Waals surface area contributed by atoms with Gasteiger partial charge in [-0.25, -0.2) is 4.98 Å². The lowest BCUT2D eigenvalue weighted by Crippen LogP contribution is -2.54. The first kappa shape index (κ1) is 12.2. The van der Waals surface area contributed by atoms with Gasteiger partial charge in [-0.1, -0.05) is 0 Å². The summed E-state index contributed by atoms with van der Waals surface area (Å²) in [4.78, 5) is 26.6. The van der Waals surface area contributed by atoms with Crippen LogP contribution >= 0.6 is 0 Å². The minimum atomic E-state index is -0.915. The number of piperazine rings is 1. The van der Waals surface area contributed by atoms with E-state index in [-0.39, 0.29) is 5.69 Å². The Labute approximate surface area is 102 Å². The van der Waals surface area contributed by atoms with Gasteiger partial charge in [0.2, 0.25) is 0 Å². The van der Waals surface area contributed by atoms with Gasteiger partial charge >= 0.3 is 5.97 Å². The highest BCUT2D eigenvalue weighted by Gasteiger charge is 2.25. The lowest BCUT2D eigenvalue weighted by molar-refractivity contribution is -0.385. The van der Waals surface area contributed by atoms with Crippen LogP contribution in [-0.4, -0.2) is 46.7 Å². The molecule has 0 aromatic carbocycles. The standard InChI is InChI=1S/C10H12N4O4/c15-10(16)8-6-13(4-3-11-8)9-2-1-7(5-12-9)14(17)18/h1-2,5,8,11H,3-4,6H2,(H,15,16)/t8-/m0/s1. The summed E-state index contributed by atoms with van der Waals surface area (Å²) in [5.74, 6) is -0.366.